The molecular formula is C22H19N3O4. The fourth-order valence-electron chi connectivity index (χ4n) is 3.30. The number of benzene rings is 3. The molecule has 7 heteroatoms. The van der Waals surface area contributed by atoms with Crippen molar-refractivity contribution in [2.75, 3.05) is 6.61 Å². The first kappa shape index (κ1) is 18.6. The first-order chi connectivity index (χ1) is 14.0. The summed E-state index contributed by atoms with van der Waals surface area (Å²) in [5.41, 5.74) is 4.99. The molecule has 29 heavy (non-hydrogen) atoms. The SMILES string of the molecule is NC(=O)c1nn(CC(O)COc2cccc3ccccc23)c(=O)c2ccccc12. The number of primary amides is 1. The number of carbonyl (C=O) groups is 1. The lowest BCUT2D eigenvalue weighted by Crippen LogP contribution is -2.34. The predicted molar refractivity (Wildman–Crippen MR) is 110 cm³/mol. The molecule has 4 rings (SSSR count). The largest absolute Gasteiger partial charge is 0.490 e. The number of rotatable bonds is 6. The lowest BCUT2D eigenvalue weighted by Gasteiger charge is -2.15. The minimum absolute atomic E-state index is 0.0117. The third kappa shape index (κ3) is 3.68. The number of aliphatic hydroxyl groups is 1. The first-order valence-electron chi connectivity index (χ1n) is 9.13. The number of aliphatic hydroxyl groups excluding tert-OH is 1. The topological polar surface area (TPSA) is 107 Å². The normalized spacial score (nSPS) is 12.2. The molecule has 0 fully saturated rings. The van der Waals surface area contributed by atoms with Crippen molar-refractivity contribution in [2.24, 2.45) is 5.73 Å². The zero-order valence-corrected chi connectivity index (χ0v) is 15.5. The molecular weight excluding hydrogens is 370 g/mol. The van der Waals surface area contributed by atoms with Crippen LogP contribution in [0.3, 0.4) is 0 Å². The van der Waals surface area contributed by atoms with E-state index in [0.717, 1.165) is 15.5 Å². The van der Waals surface area contributed by atoms with Crippen molar-refractivity contribution < 1.29 is 14.6 Å². The van der Waals surface area contributed by atoms with E-state index in [2.05, 4.69) is 5.10 Å². The highest BCUT2D eigenvalue weighted by atomic mass is 16.5. The summed E-state index contributed by atoms with van der Waals surface area (Å²) in [6.45, 7) is -0.171. The number of aromatic nitrogens is 2. The second-order valence-electron chi connectivity index (χ2n) is 6.69. The summed E-state index contributed by atoms with van der Waals surface area (Å²) in [5, 5.41) is 17.1. The van der Waals surface area contributed by atoms with Crippen LogP contribution in [0.5, 0.6) is 5.75 Å². The molecule has 0 spiro atoms. The van der Waals surface area contributed by atoms with Gasteiger partial charge in [0.1, 0.15) is 18.5 Å². The van der Waals surface area contributed by atoms with Gasteiger partial charge in [-0.25, -0.2) is 4.68 Å². The molecule has 0 aliphatic carbocycles. The van der Waals surface area contributed by atoms with Gasteiger partial charge < -0.3 is 15.6 Å². The third-order valence-electron chi connectivity index (χ3n) is 4.67. The smallest absolute Gasteiger partial charge is 0.274 e. The highest BCUT2D eigenvalue weighted by Crippen LogP contribution is 2.25. The van der Waals surface area contributed by atoms with Gasteiger partial charge in [-0.3, -0.25) is 9.59 Å². The van der Waals surface area contributed by atoms with Crippen molar-refractivity contribution in [3.8, 4) is 5.75 Å². The summed E-state index contributed by atoms with van der Waals surface area (Å²) in [6.07, 6.45) is -1.01. The van der Waals surface area contributed by atoms with Crippen molar-refractivity contribution in [3.63, 3.8) is 0 Å². The number of nitrogens with zero attached hydrogens (tertiary/aromatic N) is 2. The van der Waals surface area contributed by atoms with Crippen molar-refractivity contribution in [3.05, 3.63) is 82.8 Å². The van der Waals surface area contributed by atoms with Crippen LogP contribution in [0.25, 0.3) is 21.5 Å². The van der Waals surface area contributed by atoms with Crippen LogP contribution in [0.1, 0.15) is 10.5 Å². The predicted octanol–water partition coefficient (Wildman–Crippen LogP) is 2.09. The molecule has 3 N–H and O–H groups in total. The quantitative estimate of drug-likeness (QED) is 0.525. The van der Waals surface area contributed by atoms with Crippen molar-refractivity contribution in [1.29, 1.82) is 0 Å². The number of fused-ring (bicyclic) bond motifs is 2. The van der Waals surface area contributed by atoms with Crippen molar-refractivity contribution in [1.82, 2.24) is 9.78 Å². The molecule has 1 aromatic heterocycles. The van der Waals surface area contributed by atoms with Crippen molar-refractivity contribution >= 4 is 27.5 Å². The molecule has 0 aliphatic heterocycles. The molecule has 3 aromatic carbocycles. The van der Waals surface area contributed by atoms with E-state index in [0.29, 0.717) is 16.5 Å². The van der Waals surface area contributed by atoms with Gasteiger partial charge in [-0.15, -0.1) is 0 Å². The Hall–Kier alpha value is -3.71. The molecule has 0 saturated carbocycles. The minimum atomic E-state index is -1.01. The number of hydrogen-bond donors (Lipinski definition) is 2. The van der Waals surface area contributed by atoms with Crippen LogP contribution in [-0.2, 0) is 6.54 Å². The van der Waals surface area contributed by atoms with Gasteiger partial charge in [0.15, 0.2) is 5.69 Å². The summed E-state index contributed by atoms with van der Waals surface area (Å²) < 4.78 is 6.83. The van der Waals surface area contributed by atoms with E-state index in [-0.39, 0.29) is 18.8 Å². The fourth-order valence-corrected chi connectivity index (χ4v) is 3.30. The molecule has 4 aromatic rings. The third-order valence-corrected chi connectivity index (χ3v) is 4.67. The van der Waals surface area contributed by atoms with Gasteiger partial charge in [-0.2, -0.15) is 5.10 Å². The van der Waals surface area contributed by atoms with Crippen LogP contribution in [-0.4, -0.2) is 33.5 Å². The molecule has 7 nitrogen and oxygen atoms in total. The number of amides is 1. The maximum atomic E-state index is 12.7. The lowest BCUT2D eigenvalue weighted by atomic mass is 10.1. The second-order valence-corrected chi connectivity index (χ2v) is 6.69. The van der Waals surface area contributed by atoms with Gasteiger partial charge in [0.05, 0.1) is 11.9 Å². The fraction of sp³-hybridized carbons (Fsp3) is 0.136. The van der Waals surface area contributed by atoms with Gasteiger partial charge in [0, 0.05) is 10.8 Å². The Morgan fingerprint density at radius 1 is 1.00 bits per heavy atom. The van der Waals surface area contributed by atoms with Gasteiger partial charge in [0.25, 0.3) is 11.5 Å². The Balaban J connectivity index is 1.58. The zero-order chi connectivity index (χ0) is 20.4. The van der Waals surface area contributed by atoms with Crippen LogP contribution in [0.2, 0.25) is 0 Å². The summed E-state index contributed by atoms with van der Waals surface area (Å²) in [6, 6.07) is 20.0. The lowest BCUT2D eigenvalue weighted by molar-refractivity contribution is 0.0877. The highest BCUT2D eigenvalue weighted by molar-refractivity contribution is 6.03. The number of nitrogens with two attached hydrogens (primary N) is 1. The van der Waals surface area contributed by atoms with E-state index in [1.54, 1.807) is 24.3 Å². The summed E-state index contributed by atoms with van der Waals surface area (Å²) in [4.78, 5) is 24.4. The zero-order valence-electron chi connectivity index (χ0n) is 15.5. The summed E-state index contributed by atoms with van der Waals surface area (Å²) >= 11 is 0. The van der Waals surface area contributed by atoms with E-state index < -0.39 is 17.6 Å². The Labute approximate surface area is 166 Å². The molecule has 0 bridgehead atoms. The maximum absolute atomic E-state index is 12.7. The molecule has 0 radical (unpaired) electrons. The summed E-state index contributed by atoms with van der Waals surface area (Å²) in [7, 11) is 0. The van der Waals surface area contributed by atoms with E-state index in [4.69, 9.17) is 10.5 Å². The Morgan fingerprint density at radius 3 is 2.41 bits per heavy atom. The molecule has 1 unspecified atom stereocenters. The van der Waals surface area contributed by atoms with Crippen molar-refractivity contribution in [2.45, 2.75) is 12.6 Å². The van der Waals surface area contributed by atoms with Crippen LogP contribution in [0.15, 0.2) is 71.5 Å². The van der Waals surface area contributed by atoms with Crippen LogP contribution < -0.4 is 16.0 Å². The molecule has 0 saturated heterocycles. The average molecular weight is 389 g/mol. The standard InChI is InChI=1S/C22H19N3O4/c23-21(27)20-17-9-3-4-10-18(17)22(28)25(24-20)12-15(26)13-29-19-11-5-7-14-6-1-2-8-16(14)19/h1-11,15,26H,12-13H2,(H2,23,27). The van der Waals surface area contributed by atoms with E-state index in [1.807, 2.05) is 42.5 Å². The summed E-state index contributed by atoms with van der Waals surface area (Å²) in [5.74, 6) is -0.102. The molecule has 0 aliphatic rings. The van der Waals surface area contributed by atoms with Crippen LogP contribution in [0, 0.1) is 0 Å². The Kier molecular flexibility index (Phi) is 4.97. The average Bonchev–Trinajstić information content (AvgIpc) is 2.74. The molecule has 1 atom stereocenters. The van der Waals surface area contributed by atoms with Gasteiger partial charge >= 0.3 is 0 Å². The molecule has 146 valence electrons. The Bertz CT molecular complexity index is 1260. The number of hydrogen-bond acceptors (Lipinski definition) is 5. The van der Waals surface area contributed by atoms with E-state index in [1.165, 1.54) is 0 Å². The second kappa shape index (κ2) is 7.73. The number of carbonyl (C=O) groups excluding carboxylic acids is 1. The monoisotopic (exact) mass is 389 g/mol. The van der Waals surface area contributed by atoms with Gasteiger partial charge in [0.2, 0.25) is 0 Å². The van der Waals surface area contributed by atoms with Crippen LogP contribution >= 0.6 is 0 Å². The highest BCUT2D eigenvalue weighted by Gasteiger charge is 2.16. The minimum Gasteiger partial charge on any atom is -0.490 e. The molecule has 1 heterocycles. The van der Waals surface area contributed by atoms with E-state index >= 15 is 0 Å². The van der Waals surface area contributed by atoms with Gasteiger partial charge in [-0.05, 0) is 17.5 Å². The maximum Gasteiger partial charge on any atom is 0.274 e. The van der Waals surface area contributed by atoms with Crippen LogP contribution in [0.4, 0.5) is 0 Å². The van der Waals surface area contributed by atoms with Gasteiger partial charge in [-0.1, -0.05) is 54.6 Å². The van der Waals surface area contributed by atoms with E-state index in [9.17, 15) is 14.7 Å². The Morgan fingerprint density at radius 2 is 1.66 bits per heavy atom. The molecule has 1 amide bonds. The first-order valence-corrected chi connectivity index (χ1v) is 9.13. The number of ether oxygens (including phenoxy) is 1.